The van der Waals surface area contributed by atoms with Crippen molar-refractivity contribution < 1.29 is 14.4 Å². The second kappa shape index (κ2) is 6.44. The number of hydrogen-bond donors (Lipinski definition) is 3. The minimum Gasteiger partial charge on any atom is -0.322 e. The predicted octanol–water partition coefficient (Wildman–Crippen LogP) is 2.02. The third kappa shape index (κ3) is 3.19. The van der Waals surface area contributed by atoms with Crippen molar-refractivity contribution in [3.8, 4) is 0 Å². The first-order chi connectivity index (χ1) is 12.6. The standard InChI is InChI=1S/C19H16N4O3/c24-17-8-14(19(26)22-17)7-11-1-3-12(4-2-11)18(25)21-15-6-5-13-10-20-23-16(13)9-15/h1-6,9-10,14H,7-8H2,(H,20,23)(H,21,25)(H,22,24,26)/t14-/m1/s1. The molecule has 3 amide bonds. The lowest BCUT2D eigenvalue weighted by atomic mass is 9.97. The molecule has 0 unspecified atom stereocenters. The van der Waals surface area contributed by atoms with Crippen molar-refractivity contribution in [2.45, 2.75) is 12.8 Å². The normalized spacial score (nSPS) is 16.7. The highest BCUT2D eigenvalue weighted by atomic mass is 16.2. The Bertz CT molecular complexity index is 1010. The van der Waals surface area contributed by atoms with Gasteiger partial charge >= 0.3 is 0 Å². The molecule has 1 aliphatic rings. The van der Waals surface area contributed by atoms with Crippen molar-refractivity contribution in [1.82, 2.24) is 15.5 Å². The van der Waals surface area contributed by atoms with Crippen molar-refractivity contribution in [2.24, 2.45) is 5.92 Å². The zero-order valence-corrected chi connectivity index (χ0v) is 13.8. The molecular formula is C19H16N4O3. The molecule has 0 radical (unpaired) electrons. The number of nitrogens with one attached hydrogen (secondary N) is 3. The summed E-state index contributed by atoms with van der Waals surface area (Å²) < 4.78 is 0. The molecule has 0 aliphatic carbocycles. The van der Waals surface area contributed by atoms with Gasteiger partial charge in [0, 0.05) is 23.1 Å². The average Bonchev–Trinajstić information content (AvgIpc) is 3.21. The van der Waals surface area contributed by atoms with Crippen molar-refractivity contribution in [2.75, 3.05) is 5.32 Å². The number of anilines is 1. The maximum Gasteiger partial charge on any atom is 0.255 e. The molecule has 3 N–H and O–H groups in total. The summed E-state index contributed by atoms with van der Waals surface area (Å²) in [6, 6.07) is 12.6. The van der Waals surface area contributed by atoms with Gasteiger partial charge in [0.25, 0.3) is 5.91 Å². The van der Waals surface area contributed by atoms with Crippen molar-refractivity contribution >= 4 is 34.3 Å². The number of fused-ring (bicyclic) bond motifs is 1. The predicted molar refractivity (Wildman–Crippen MR) is 95.4 cm³/mol. The van der Waals surface area contributed by atoms with Crippen LogP contribution in [0.2, 0.25) is 0 Å². The highest BCUT2D eigenvalue weighted by Crippen LogP contribution is 2.19. The average molecular weight is 348 g/mol. The number of hydrogen-bond acceptors (Lipinski definition) is 4. The number of carbonyl (C=O) groups excluding carboxylic acids is 3. The van der Waals surface area contributed by atoms with Gasteiger partial charge in [0.15, 0.2) is 0 Å². The Balaban J connectivity index is 1.43. The van der Waals surface area contributed by atoms with Gasteiger partial charge in [-0.2, -0.15) is 5.10 Å². The lowest BCUT2D eigenvalue weighted by molar-refractivity contribution is -0.125. The Hall–Kier alpha value is -3.48. The van der Waals surface area contributed by atoms with Gasteiger partial charge in [-0.15, -0.1) is 0 Å². The van der Waals surface area contributed by atoms with Crippen LogP contribution < -0.4 is 10.6 Å². The van der Waals surface area contributed by atoms with E-state index in [1.165, 1.54) is 0 Å². The van der Waals surface area contributed by atoms with Gasteiger partial charge < -0.3 is 5.32 Å². The van der Waals surface area contributed by atoms with Crippen LogP contribution in [-0.4, -0.2) is 27.9 Å². The van der Waals surface area contributed by atoms with Gasteiger partial charge in [0.2, 0.25) is 11.8 Å². The molecule has 1 aliphatic heterocycles. The monoisotopic (exact) mass is 348 g/mol. The Morgan fingerprint density at radius 2 is 1.96 bits per heavy atom. The van der Waals surface area contributed by atoms with Crippen LogP contribution in [0, 0.1) is 5.92 Å². The summed E-state index contributed by atoms with van der Waals surface area (Å²) in [5, 5.41) is 12.9. The number of aromatic nitrogens is 2. The molecule has 7 heteroatoms. The SMILES string of the molecule is O=C1C[C@@H](Cc2ccc(C(=O)Nc3ccc4cn[nH]c4c3)cc2)C(=O)N1. The van der Waals surface area contributed by atoms with Gasteiger partial charge in [-0.05, 0) is 42.3 Å². The summed E-state index contributed by atoms with van der Waals surface area (Å²) >= 11 is 0. The van der Waals surface area contributed by atoms with E-state index in [1.807, 2.05) is 30.3 Å². The smallest absolute Gasteiger partial charge is 0.255 e. The van der Waals surface area contributed by atoms with Crippen LogP contribution in [0.15, 0.2) is 48.7 Å². The number of amides is 3. The lowest BCUT2D eigenvalue weighted by Gasteiger charge is -2.08. The van der Waals surface area contributed by atoms with E-state index < -0.39 is 0 Å². The largest absolute Gasteiger partial charge is 0.322 e. The van der Waals surface area contributed by atoms with Gasteiger partial charge in [-0.3, -0.25) is 24.8 Å². The molecule has 1 atom stereocenters. The number of H-pyrrole nitrogens is 1. The number of benzene rings is 2. The van der Waals surface area contributed by atoms with Crippen LogP contribution in [0.4, 0.5) is 5.69 Å². The van der Waals surface area contributed by atoms with Crippen molar-refractivity contribution in [3.63, 3.8) is 0 Å². The summed E-state index contributed by atoms with van der Waals surface area (Å²) in [7, 11) is 0. The maximum absolute atomic E-state index is 12.4. The number of imide groups is 1. The van der Waals surface area contributed by atoms with Crippen LogP contribution in [0.25, 0.3) is 10.9 Å². The van der Waals surface area contributed by atoms with Gasteiger partial charge in [0.1, 0.15) is 0 Å². The third-order valence-electron chi connectivity index (χ3n) is 4.46. The fraction of sp³-hybridized carbons (Fsp3) is 0.158. The molecule has 26 heavy (non-hydrogen) atoms. The molecule has 0 saturated carbocycles. The second-order valence-corrected chi connectivity index (χ2v) is 6.34. The molecule has 2 aromatic carbocycles. The van der Waals surface area contributed by atoms with Crippen molar-refractivity contribution in [1.29, 1.82) is 0 Å². The van der Waals surface area contributed by atoms with E-state index in [0.29, 0.717) is 17.7 Å². The van der Waals surface area contributed by atoms with E-state index >= 15 is 0 Å². The summed E-state index contributed by atoms with van der Waals surface area (Å²) in [6.45, 7) is 0. The fourth-order valence-electron chi connectivity index (χ4n) is 3.07. The van der Waals surface area contributed by atoms with E-state index in [1.54, 1.807) is 18.3 Å². The number of aromatic amines is 1. The van der Waals surface area contributed by atoms with Gasteiger partial charge in [0.05, 0.1) is 17.6 Å². The molecule has 1 saturated heterocycles. The molecule has 7 nitrogen and oxygen atoms in total. The second-order valence-electron chi connectivity index (χ2n) is 6.34. The van der Waals surface area contributed by atoms with Crippen LogP contribution in [0.5, 0.6) is 0 Å². The van der Waals surface area contributed by atoms with Crippen molar-refractivity contribution in [3.05, 3.63) is 59.8 Å². The first-order valence-corrected chi connectivity index (χ1v) is 8.25. The molecule has 4 rings (SSSR count). The first kappa shape index (κ1) is 16.0. The Kier molecular flexibility index (Phi) is 3.96. The fourth-order valence-corrected chi connectivity index (χ4v) is 3.07. The molecule has 3 aromatic rings. The zero-order valence-electron chi connectivity index (χ0n) is 13.8. The first-order valence-electron chi connectivity index (χ1n) is 8.25. The van der Waals surface area contributed by atoms with E-state index in [0.717, 1.165) is 16.5 Å². The van der Waals surface area contributed by atoms with Crippen LogP contribution >= 0.6 is 0 Å². The quantitative estimate of drug-likeness (QED) is 0.628. The van der Waals surface area contributed by atoms with E-state index in [2.05, 4.69) is 20.8 Å². The molecule has 1 aromatic heterocycles. The molecule has 1 fully saturated rings. The van der Waals surface area contributed by atoms with Crippen LogP contribution in [-0.2, 0) is 16.0 Å². The Morgan fingerprint density at radius 1 is 1.15 bits per heavy atom. The molecule has 2 heterocycles. The van der Waals surface area contributed by atoms with E-state index in [-0.39, 0.29) is 30.1 Å². The molecule has 0 bridgehead atoms. The number of nitrogens with zero attached hydrogens (tertiary/aromatic N) is 1. The van der Waals surface area contributed by atoms with Gasteiger partial charge in [-0.1, -0.05) is 12.1 Å². The van der Waals surface area contributed by atoms with Gasteiger partial charge in [-0.25, -0.2) is 0 Å². The summed E-state index contributed by atoms with van der Waals surface area (Å²) in [5.41, 5.74) is 2.96. The third-order valence-corrected chi connectivity index (χ3v) is 4.46. The Morgan fingerprint density at radius 3 is 2.69 bits per heavy atom. The minimum absolute atomic E-state index is 0.218. The molecular weight excluding hydrogens is 332 g/mol. The maximum atomic E-state index is 12.4. The topological polar surface area (TPSA) is 104 Å². The zero-order chi connectivity index (χ0) is 18.1. The number of rotatable bonds is 4. The van der Waals surface area contributed by atoms with Crippen LogP contribution in [0.3, 0.4) is 0 Å². The summed E-state index contributed by atoms with van der Waals surface area (Å²) in [4.78, 5) is 35.3. The number of carbonyl (C=O) groups is 3. The van der Waals surface area contributed by atoms with E-state index in [4.69, 9.17) is 0 Å². The summed E-state index contributed by atoms with van der Waals surface area (Å²) in [6.07, 6.45) is 2.42. The molecule has 130 valence electrons. The Labute approximate surface area is 148 Å². The minimum atomic E-state index is -0.330. The highest BCUT2D eigenvalue weighted by Gasteiger charge is 2.30. The highest BCUT2D eigenvalue weighted by molar-refractivity contribution is 6.05. The molecule has 0 spiro atoms. The lowest BCUT2D eigenvalue weighted by Crippen LogP contribution is -2.22. The van der Waals surface area contributed by atoms with Crippen LogP contribution in [0.1, 0.15) is 22.3 Å². The van der Waals surface area contributed by atoms with E-state index in [9.17, 15) is 14.4 Å². The summed E-state index contributed by atoms with van der Waals surface area (Å²) in [5.74, 6) is -1.01.